The minimum atomic E-state index is -3.29. The standard InChI is InChI=1S/C21H28N2O4S/c1-28(25,26)22-19-7-9-21(10-8-19)27-16-20(24)15-23-13-11-18(12-14-23)17-5-3-2-4-6-17/h2-10,18,20,22,24H,11-16H2,1H3/t20-/m1/s1. The van der Waals surface area contributed by atoms with Gasteiger partial charge in [0.15, 0.2) is 0 Å². The molecule has 1 fully saturated rings. The van der Waals surface area contributed by atoms with Crippen molar-refractivity contribution in [2.45, 2.75) is 24.9 Å². The van der Waals surface area contributed by atoms with E-state index in [9.17, 15) is 13.5 Å². The summed E-state index contributed by atoms with van der Waals surface area (Å²) in [6.07, 6.45) is 2.75. The molecule has 1 heterocycles. The number of hydrogen-bond donors (Lipinski definition) is 2. The molecule has 3 rings (SSSR count). The molecule has 0 amide bonds. The maximum atomic E-state index is 11.2. The van der Waals surface area contributed by atoms with Crippen molar-refractivity contribution in [3.05, 3.63) is 60.2 Å². The van der Waals surface area contributed by atoms with Crippen molar-refractivity contribution < 1.29 is 18.3 Å². The van der Waals surface area contributed by atoms with Crippen LogP contribution in [0.15, 0.2) is 54.6 Å². The van der Waals surface area contributed by atoms with Crippen molar-refractivity contribution in [3.8, 4) is 5.75 Å². The highest BCUT2D eigenvalue weighted by Crippen LogP contribution is 2.27. The lowest BCUT2D eigenvalue weighted by Crippen LogP contribution is -2.40. The minimum absolute atomic E-state index is 0.206. The van der Waals surface area contributed by atoms with E-state index in [0.717, 1.165) is 32.2 Å². The third-order valence-corrected chi connectivity index (χ3v) is 5.53. The third kappa shape index (κ3) is 6.51. The molecule has 7 heteroatoms. The average molecular weight is 405 g/mol. The number of sulfonamides is 1. The highest BCUT2D eigenvalue weighted by atomic mass is 32.2. The van der Waals surface area contributed by atoms with Crippen LogP contribution in [0, 0.1) is 0 Å². The molecule has 152 valence electrons. The van der Waals surface area contributed by atoms with E-state index in [1.54, 1.807) is 24.3 Å². The summed E-state index contributed by atoms with van der Waals surface area (Å²) in [4.78, 5) is 2.28. The maximum absolute atomic E-state index is 11.2. The molecule has 1 atom stereocenters. The van der Waals surface area contributed by atoms with Crippen LogP contribution < -0.4 is 9.46 Å². The molecule has 2 N–H and O–H groups in total. The lowest BCUT2D eigenvalue weighted by atomic mass is 9.89. The first-order valence-corrected chi connectivity index (χ1v) is 11.4. The summed E-state index contributed by atoms with van der Waals surface area (Å²) < 4.78 is 30.5. The molecule has 1 saturated heterocycles. The Hall–Kier alpha value is -2.09. The number of nitrogens with zero attached hydrogens (tertiary/aromatic N) is 1. The Labute approximate surface area is 167 Å². The molecule has 0 unspecified atom stereocenters. The van der Waals surface area contributed by atoms with Gasteiger partial charge in [-0.05, 0) is 61.7 Å². The quantitative estimate of drug-likeness (QED) is 0.707. The van der Waals surface area contributed by atoms with Gasteiger partial charge in [0.05, 0.1) is 6.26 Å². The number of aliphatic hydroxyl groups excluding tert-OH is 1. The summed E-state index contributed by atoms with van der Waals surface area (Å²) in [6.45, 7) is 2.75. The highest BCUT2D eigenvalue weighted by Gasteiger charge is 2.22. The van der Waals surface area contributed by atoms with Gasteiger partial charge in [0.2, 0.25) is 10.0 Å². The summed E-state index contributed by atoms with van der Waals surface area (Å²) in [7, 11) is -3.29. The molecule has 0 radical (unpaired) electrons. The van der Waals surface area contributed by atoms with Crippen LogP contribution in [0.5, 0.6) is 5.75 Å². The van der Waals surface area contributed by atoms with Crippen LogP contribution >= 0.6 is 0 Å². The van der Waals surface area contributed by atoms with E-state index in [1.165, 1.54) is 5.56 Å². The second kappa shape index (κ2) is 9.41. The van der Waals surface area contributed by atoms with Crippen LogP contribution in [-0.2, 0) is 10.0 Å². The molecule has 2 aromatic carbocycles. The van der Waals surface area contributed by atoms with Crippen LogP contribution in [0.3, 0.4) is 0 Å². The van der Waals surface area contributed by atoms with Crippen LogP contribution in [0.4, 0.5) is 5.69 Å². The van der Waals surface area contributed by atoms with Crippen molar-refractivity contribution in [2.75, 3.05) is 37.2 Å². The van der Waals surface area contributed by atoms with Crippen molar-refractivity contribution in [1.29, 1.82) is 0 Å². The third-order valence-electron chi connectivity index (χ3n) is 4.93. The molecular formula is C21H28N2O4S. The molecule has 0 aliphatic carbocycles. The van der Waals surface area contributed by atoms with E-state index in [2.05, 4.69) is 33.9 Å². The van der Waals surface area contributed by atoms with Gasteiger partial charge >= 0.3 is 0 Å². The first-order valence-electron chi connectivity index (χ1n) is 9.55. The Balaban J connectivity index is 1.39. The number of anilines is 1. The van der Waals surface area contributed by atoms with Gasteiger partial charge in [-0.25, -0.2) is 8.42 Å². The highest BCUT2D eigenvalue weighted by molar-refractivity contribution is 7.92. The fraction of sp³-hybridized carbons (Fsp3) is 0.429. The zero-order valence-corrected chi connectivity index (χ0v) is 16.9. The number of aliphatic hydroxyl groups is 1. The van der Waals surface area contributed by atoms with E-state index in [-0.39, 0.29) is 6.61 Å². The van der Waals surface area contributed by atoms with Crippen molar-refractivity contribution >= 4 is 15.7 Å². The molecular weight excluding hydrogens is 376 g/mol. The smallest absolute Gasteiger partial charge is 0.229 e. The summed E-state index contributed by atoms with van der Waals surface area (Å²) >= 11 is 0. The predicted molar refractivity (Wildman–Crippen MR) is 111 cm³/mol. The molecule has 1 aliphatic heterocycles. The van der Waals surface area contributed by atoms with Gasteiger partial charge in [-0.15, -0.1) is 0 Å². The topological polar surface area (TPSA) is 78.9 Å². The van der Waals surface area contributed by atoms with Crippen LogP contribution in [-0.4, -0.2) is 57.0 Å². The molecule has 28 heavy (non-hydrogen) atoms. The number of rotatable bonds is 8. The van der Waals surface area contributed by atoms with Crippen molar-refractivity contribution in [2.24, 2.45) is 0 Å². The fourth-order valence-corrected chi connectivity index (χ4v) is 4.11. The largest absolute Gasteiger partial charge is 0.491 e. The Morgan fingerprint density at radius 2 is 1.75 bits per heavy atom. The van der Waals surface area contributed by atoms with Crippen molar-refractivity contribution in [1.82, 2.24) is 4.90 Å². The Morgan fingerprint density at radius 3 is 2.36 bits per heavy atom. The fourth-order valence-electron chi connectivity index (χ4n) is 3.55. The number of ether oxygens (including phenoxy) is 1. The molecule has 0 saturated carbocycles. The van der Waals surface area contributed by atoms with E-state index < -0.39 is 16.1 Å². The Bertz CT molecular complexity index is 832. The second-order valence-electron chi connectivity index (χ2n) is 7.35. The number of likely N-dealkylation sites (tertiary alicyclic amines) is 1. The SMILES string of the molecule is CS(=O)(=O)Nc1ccc(OC[C@H](O)CN2CCC(c3ccccc3)CC2)cc1. The molecule has 1 aliphatic rings. The maximum Gasteiger partial charge on any atom is 0.229 e. The monoisotopic (exact) mass is 404 g/mol. The Morgan fingerprint density at radius 1 is 1.11 bits per heavy atom. The van der Waals surface area contributed by atoms with E-state index in [0.29, 0.717) is 23.9 Å². The average Bonchev–Trinajstić information content (AvgIpc) is 2.68. The summed E-state index contributed by atoms with van der Waals surface area (Å²) in [6, 6.07) is 17.3. The van der Waals surface area contributed by atoms with Crippen LogP contribution in [0.2, 0.25) is 0 Å². The van der Waals surface area contributed by atoms with Gasteiger partial charge in [0.1, 0.15) is 18.5 Å². The minimum Gasteiger partial charge on any atom is -0.491 e. The first kappa shape index (κ1) is 20.6. The van der Waals surface area contributed by atoms with Crippen LogP contribution in [0.25, 0.3) is 0 Å². The second-order valence-corrected chi connectivity index (χ2v) is 9.10. The van der Waals surface area contributed by atoms with E-state index >= 15 is 0 Å². The first-order chi connectivity index (χ1) is 13.4. The van der Waals surface area contributed by atoms with Gasteiger partial charge in [-0.3, -0.25) is 4.72 Å². The summed E-state index contributed by atoms with van der Waals surface area (Å²) in [5.41, 5.74) is 1.89. The van der Waals surface area contributed by atoms with Crippen molar-refractivity contribution in [3.63, 3.8) is 0 Å². The van der Waals surface area contributed by atoms with Gasteiger partial charge in [-0.1, -0.05) is 30.3 Å². The summed E-state index contributed by atoms with van der Waals surface area (Å²) in [5.74, 6) is 1.20. The Kier molecular flexibility index (Phi) is 6.93. The van der Waals surface area contributed by atoms with Gasteiger partial charge in [-0.2, -0.15) is 0 Å². The molecule has 6 nitrogen and oxygen atoms in total. The number of benzene rings is 2. The van der Waals surface area contributed by atoms with Gasteiger partial charge in [0.25, 0.3) is 0 Å². The number of nitrogens with one attached hydrogen (secondary N) is 1. The predicted octanol–water partition coefficient (Wildman–Crippen LogP) is 2.68. The van der Waals surface area contributed by atoms with E-state index in [1.807, 2.05) is 6.07 Å². The van der Waals surface area contributed by atoms with Gasteiger partial charge < -0.3 is 14.7 Å². The normalized spacial score (nSPS) is 17.2. The lowest BCUT2D eigenvalue weighted by molar-refractivity contribution is 0.0594. The van der Waals surface area contributed by atoms with E-state index in [4.69, 9.17) is 4.74 Å². The molecule has 0 bridgehead atoms. The number of piperidine rings is 1. The van der Waals surface area contributed by atoms with Crippen LogP contribution in [0.1, 0.15) is 24.3 Å². The molecule has 0 aromatic heterocycles. The molecule has 0 spiro atoms. The summed E-state index contributed by atoms with van der Waals surface area (Å²) in [5, 5.41) is 10.3. The number of hydrogen-bond acceptors (Lipinski definition) is 5. The lowest BCUT2D eigenvalue weighted by Gasteiger charge is -2.33. The molecule has 2 aromatic rings. The zero-order valence-electron chi connectivity index (χ0n) is 16.1. The van der Waals surface area contributed by atoms with Gasteiger partial charge in [0, 0.05) is 12.2 Å². The zero-order chi connectivity index (χ0) is 20.0. The number of β-amino-alcohol motifs (C(OH)–C–C–N with tert-alkyl or cyclic N) is 1.